The zero-order chi connectivity index (χ0) is 27.2. The molecule has 2 rings (SSSR count). The average molecular weight is 790 g/mol. The molecule has 0 amide bonds. The molecule has 0 aliphatic rings. The van der Waals surface area contributed by atoms with E-state index in [-0.39, 0.29) is 39.6 Å². The van der Waals surface area contributed by atoms with E-state index in [9.17, 15) is 9.59 Å². The topological polar surface area (TPSA) is 89.5 Å². The van der Waals surface area contributed by atoms with Crippen LogP contribution in [0.15, 0.2) is 77.3 Å². The molecular formula is C24H22Br4O8S. The van der Waals surface area contributed by atoms with E-state index >= 15 is 0 Å². The van der Waals surface area contributed by atoms with Crippen molar-refractivity contribution in [3.05, 3.63) is 67.5 Å². The van der Waals surface area contributed by atoms with Crippen LogP contribution < -0.4 is 9.47 Å². The molecule has 200 valence electrons. The fourth-order valence-corrected chi connectivity index (χ4v) is 6.89. The van der Waals surface area contributed by atoms with Crippen LogP contribution in [-0.2, 0) is 18.9 Å². The maximum atomic E-state index is 11.3. The van der Waals surface area contributed by atoms with Gasteiger partial charge in [-0.1, -0.05) is 37.1 Å². The van der Waals surface area contributed by atoms with E-state index in [4.69, 9.17) is 28.4 Å². The largest absolute Gasteiger partial charge is 0.508 e. The van der Waals surface area contributed by atoms with Gasteiger partial charge in [-0.3, -0.25) is 0 Å². The zero-order valence-electron chi connectivity index (χ0n) is 19.3. The van der Waals surface area contributed by atoms with Crippen molar-refractivity contribution in [1.29, 1.82) is 0 Å². The van der Waals surface area contributed by atoms with Crippen molar-refractivity contribution in [2.75, 3.05) is 39.6 Å². The van der Waals surface area contributed by atoms with Crippen LogP contribution in [0.5, 0.6) is 11.5 Å². The number of carbonyl (C=O) groups excluding carboxylic acids is 2. The summed E-state index contributed by atoms with van der Waals surface area (Å²) in [5.74, 6) is 1.16. The van der Waals surface area contributed by atoms with Gasteiger partial charge in [0, 0.05) is 9.79 Å². The number of rotatable bonds is 14. The molecule has 8 nitrogen and oxygen atoms in total. The summed E-state index contributed by atoms with van der Waals surface area (Å²) in [5, 5.41) is 0. The second kappa shape index (κ2) is 17.0. The third-order valence-corrected chi connectivity index (χ3v) is 7.22. The van der Waals surface area contributed by atoms with E-state index < -0.39 is 12.3 Å². The van der Waals surface area contributed by atoms with E-state index in [2.05, 4.69) is 76.9 Å². The summed E-state index contributed by atoms with van der Waals surface area (Å²) in [4.78, 5) is 24.6. The Morgan fingerprint density at radius 3 is 1.32 bits per heavy atom. The Labute approximate surface area is 252 Å². The molecule has 37 heavy (non-hydrogen) atoms. The number of benzene rings is 2. The third kappa shape index (κ3) is 11.3. The quantitative estimate of drug-likeness (QED) is 0.107. The standard InChI is InChI=1S/C24H22Br4O8S/c1-3-5-33-23(29)35-9-7-31-21-17(25)11-15(12-18(21)26)37-16-13-19(27)22(20(28)14-16)32-8-10-36-24(30)34-6-4-2/h3-4,11-14H,1-2,5-10H2. The molecule has 0 spiro atoms. The molecule has 0 bridgehead atoms. The van der Waals surface area contributed by atoms with Gasteiger partial charge in [-0.05, 0) is 88.0 Å². The normalized spacial score (nSPS) is 10.3. The van der Waals surface area contributed by atoms with Crippen molar-refractivity contribution in [3.8, 4) is 11.5 Å². The average Bonchev–Trinajstić information content (AvgIpc) is 2.84. The molecule has 0 fully saturated rings. The lowest BCUT2D eigenvalue weighted by atomic mass is 10.3. The predicted octanol–water partition coefficient (Wildman–Crippen LogP) is 8.32. The maximum Gasteiger partial charge on any atom is 0.508 e. The van der Waals surface area contributed by atoms with Crippen molar-refractivity contribution >= 4 is 87.8 Å². The van der Waals surface area contributed by atoms with Crippen LogP contribution in [0.25, 0.3) is 0 Å². The lowest BCUT2D eigenvalue weighted by Crippen LogP contribution is -2.13. The summed E-state index contributed by atoms with van der Waals surface area (Å²) in [6.07, 6.45) is 1.35. The lowest BCUT2D eigenvalue weighted by Gasteiger charge is -2.14. The number of halogens is 4. The molecule has 0 unspecified atom stereocenters. The van der Waals surface area contributed by atoms with Gasteiger partial charge in [-0.15, -0.1) is 0 Å². The number of ether oxygens (including phenoxy) is 6. The van der Waals surface area contributed by atoms with Crippen molar-refractivity contribution in [2.45, 2.75) is 9.79 Å². The number of hydrogen-bond acceptors (Lipinski definition) is 9. The molecule has 0 heterocycles. The summed E-state index contributed by atoms with van der Waals surface area (Å²) in [6, 6.07) is 7.66. The fraction of sp³-hybridized carbons (Fsp3) is 0.250. The van der Waals surface area contributed by atoms with E-state index in [1.54, 1.807) is 0 Å². The SMILES string of the molecule is C=CCOC(=O)OCCOc1c(Br)cc(Sc2cc(Br)c(OCCOC(=O)OCC=C)c(Br)c2)cc1Br. The summed E-state index contributed by atoms with van der Waals surface area (Å²) in [6.45, 7) is 7.46. The van der Waals surface area contributed by atoms with E-state index in [0.29, 0.717) is 11.5 Å². The van der Waals surface area contributed by atoms with Gasteiger partial charge in [0.05, 0.1) is 17.9 Å². The Balaban J connectivity index is 1.92. The van der Waals surface area contributed by atoms with Crippen molar-refractivity contribution in [3.63, 3.8) is 0 Å². The maximum absolute atomic E-state index is 11.3. The van der Waals surface area contributed by atoms with E-state index in [1.165, 1.54) is 23.9 Å². The Morgan fingerprint density at radius 2 is 1.00 bits per heavy atom. The highest BCUT2D eigenvalue weighted by atomic mass is 79.9. The first-order chi connectivity index (χ1) is 17.7. The number of hydrogen-bond donors (Lipinski definition) is 0. The molecule has 0 saturated carbocycles. The zero-order valence-corrected chi connectivity index (χ0v) is 26.5. The Morgan fingerprint density at radius 1 is 0.649 bits per heavy atom. The molecule has 0 aromatic heterocycles. The summed E-state index contributed by atoms with van der Waals surface area (Å²) in [5.41, 5.74) is 0. The lowest BCUT2D eigenvalue weighted by molar-refractivity contribution is 0.0524. The minimum Gasteiger partial charge on any atom is -0.488 e. The summed E-state index contributed by atoms with van der Waals surface area (Å²) < 4.78 is 33.7. The van der Waals surface area contributed by atoms with Crippen LogP contribution in [0.1, 0.15) is 0 Å². The number of carbonyl (C=O) groups is 2. The Kier molecular flexibility index (Phi) is 14.5. The molecule has 13 heteroatoms. The van der Waals surface area contributed by atoms with Gasteiger partial charge < -0.3 is 28.4 Å². The van der Waals surface area contributed by atoms with Crippen molar-refractivity contribution in [1.82, 2.24) is 0 Å². The minimum atomic E-state index is -0.778. The second-order valence-corrected chi connectivity index (χ2v) is 11.2. The van der Waals surface area contributed by atoms with Crippen LogP contribution in [0, 0.1) is 0 Å². The predicted molar refractivity (Wildman–Crippen MR) is 154 cm³/mol. The second-order valence-electron chi connectivity index (χ2n) is 6.63. The highest BCUT2D eigenvalue weighted by Gasteiger charge is 2.14. The highest BCUT2D eigenvalue weighted by molar-refractivity contribution is 9.11. The van der Waals surface area contributed by atoms with Crippen molar-refractivity contribution in [2.24, 2.45) is 0 Å². The first kappa shape index (κ1) is 31.5. The summed E-state index contributed by atoms with van der Waals surface area (Å²) >= 11 is 15.6. The van der Waals surface area contributed by atoms with Gasteiger partial charge in [0.25, 0.3) is 0 Å². The van der Waals surface area contributed by atoms with Gasteiger partial charge >= 0.3 is 12.3 Å². The molecule has 0 atom stereocenters. The molecule has 2 aromatic rings. The molecule has 0 aliphatic heterocycles. The molecule has 0 saturated heterocycles. The van der Waals surface area contributed by atoms with Crippen LogP contribution in [0.4, 0.5) is 9.59 Å². The van der Waals surface area contributed by atoms with Gasteiger partial charge in [0.1, 0.15) is 51.1 Å². The van der Waals surface area contributed by atoms with Gasteiger partial charge in [0.15, 0.2) is 0 Å². The molecule has 0 radical (unpaired) electrons. The molecule has 0 aliphatic carbocycles. The third-order valence-electron chi connectivity index (χ3n) is 3.92. The van der Waals surface area contributed by atoms with Crippen LogP contribution in [-0.4, -0.2) is 52.0 Å². The van der Waals surface area contributed by atoms with Crippen LogP contribution >= 0.6 is 75.5 Å². The Bertz CT molecular complexity index is 981. The smallest absolute Gasteiger partial charge is 0.488 e. The minimum absolute atomic E-state index is 0.0351. The highest BCUT2D eigenvalue weighted by Crippen LogP contribution is 2.43. The fourth-order valence-electron chi connectivity index (χ4n) is 2.48. The van der Waals surface area contributed by atoms with Gasteiger partial charge in [0.2, 0.25) is 0 Å². The van der Waals surface area contributed by atoms with Gasteiger partial charge in [-0.2, -0.15) is 0 Å². The first-order valence-electron chi connectivity index (χ1n) is 10.5. The van der Waals surface area contributed by atoms with Crippen LogP contribution in [0.3, 0.4) is 0 Å². The van der Waals surface area contributed by atoms with Crippen molar-refractivity contribution < 1.29 is 38.0 Å². The van der Waals surface area contributed by atoms with Gasteiger partial charge in [-0.25, -0.2) is 9.59 Å². The first-order valence-corrected chi connectivity index (χ1v) is 14.5. The monoisotopic (exact) mass is 786 g/mol. The van der Waals surface area contributed by atoms with E-state index in [0.717, 1.165) is 27.7 Å². The summed E-state index contributed by atoms with van der Waals surface area (Å²) in [7, 11) is 0. The molecule has 2 aromatic carbocycles. The van der Waals surface area contributed by atoms with Crippen LogP contribution in [0.2, 0.25) is 0 Å². The molecule has 0 N–H and O–H groups in total. The Hall–Kier alpha value is -1.67. The van der Waals surface area contributed by atoms with E-state index in [1.807, 2.05) is 24.3 Å². The molecular weight excluding hydrogens is 768 g/mol.